The number of benzene rings is 1. The van der Waals surface area contributed by atoms with E-state index in [4.69, 9.17) is 4.74 Å². The van der Waals surface area contributed by atoms with Crippen molar-refractivity contribution in [3.8, 4) is 17.0 Å². The lowest BCUT2D eigenvalue weighted by atomic mass is 10.1. The van der Waals surface area contributed by atoms with Crippen molar-refractivity contribution in [2.45, 2.75) is 19.8 Å². The van der Waals surface area contributed by atoms with E-state index in [1.165, 1.54) is 0 Å². The maximum Gasteiger partial charge on any atom is 0.170 e. The van der Waals surface area contributed by atoms with Crippen molar-refractivity contribution in [2.24, 2.45) is 0 Å². The molecule has 0 unspecified atom stereocenters. The maximum atomic E-state index is 10.5. The molecule has 0 spiro atoms. The summed E-state index contributed by atoms with van der Waals surface area (Å²) in [6.45, 7) is 2.87. The lowest BCUT2D eigenvalue weighted by Crippen LogP contribution is -1.96. The number of aldehydes is 1. The molecule has 2 rings (SSSR count). The normalized spacial score (nSPS) is 10.2. The maximum absolute atomic E-state index is 10.5. The highest BCUT2D eigenvalue weighted by molar-refractivity contribution is 5.72. The minimum atomic E-state index is 0.336. The first-order valence-corrected chi connectivity index (χ1v) is 6.35. The highest BCUT2D eigenvalue weighted by atomic mass is 16.5. The van der Waals surface area contributed by atoms with Crippen molar-refractivity contribution in [3.63, 3.8) is 0 Å². The van der Waals surface area contributed by atoms with Gasteiger partial charge in [-0.25, -0.2) is 0 Å². The van der Waals surface area contributed by atoms with Gasteiger partial charge in [-0.05, 0) is 42.8 Å². The molecular weight excluding hydrogens is 240 g/mol. The van der Waals surface area contributed by atoms with Crippen LogP contribution >= 0.6 is 0 Å². The second kappa shape index (κ2) is 6.64. The summed E-state index contributed by atoms with van der Waals surface area (Å²) in [6.07, 6.45) is 2.86. The number of ether oxygens (including phenoxy) is 1. The van der Waals surface area contributed by atoms with Gasteiger partial charge in [0.25, 0.3) is 0 Å². The minimum absolute atomic E-state index is 0.336. The van der Waals surface area contributed by atoms with E-state index in [-0.39, 0.29) is 0 Å². The summed E-state index contributed by atoms with van der Waals surface area (Å²) in [5.74, 6) is 0.856. The third-order valence-electron chi connectivity index (χ3n) is 2.72. The molecule has 0 aliphatic carbocycles. The van der Waals surface area contributed by atoms with Gasteiger partial charge in [0.15, 0.2) is 6.29 Å². The molecule has 0 saturated heterocycles. The molecule has 4 heteroatoms. The Morgan fingerprint density at radius 2 is 1.89 bits per heavy atom. The van der Waals surface area contributed by atoms with Crippen LogP contribution in [0.5, 0.6) is 5.75 Å². The molecule has 0 aliphatic heterocycles. The van der Waals surface area contributed by atoms with E-state index in [0.717, 1.165) is 36.5 Å². The van der Waals surface area contributed by atoms with Crippen LogP contribution in [-0.4, -0.2) is 23.1 Å². The van der Waals surface area contributed by atoms with Crippen molar-refractivity contribution >= 4 is 6.29 Å². The van der Waals surface area contributed by atoms with Crippen LogP contribution in [0.4, 0.5) is 0 Å². The fourth-order valence-corrected chi connectivity index (χ4v) is 1.62. The number of rotatable bonds is 6. The number of unbranched alkanes of at least 4 members (excludes halogenated alkanes) is 1. The van der Waals surface area contributed by atoms with E-state index in [2.05, 4.69) is 17.1 Å². The van der Waals surface area contributed by atoms with Gasteiger partial charge in [0.1, 0.15) is 11.4 Å². The van der Waals surface area contributed by atoms with Crippen molar-refractivity contribution in [1.29, 1.82) is 0 Å². The van der Waals surface area contributed by atoms with Gasteiger partial charge in [-0.2, -0.15) is 0 Å². The molecule has 0 radical (unpaired) electrons. The molecule has 19 heavy (non-hydrogen) atoms. The second-order valence-corrected chi connectivity index (χ2v) is 4.19. The van der Waals surface area contributed by atoms with E-state index < -0.39 is 0 Å². The van der Waals surface area contributed by atoms with Crippen LogP contribution in [0.15, 0.2) is 36.4 Å². The van der Waals surface area contributed by atoms with Gasteiger partial charge in [-0.3, -0.25) is 4.79 Å². The predicted octanol–water partition coefficient (Wildman–Crippen LogP) is 3.14. The summed E-state index contributed by atoms with van der Waals surface area (Å²) in [5.41, 5.74) is 2.03. The fraction of sp³-hybridized carbons (Fsp3) is 0.267. The number of hydrogen-bond acceptors (Lipinski definition) is 4. The molecule has 4 nitrogen and oxygen atoms in total. The largest absolute Gasteiger partial charge is 0.494 e. The topological polar surface area (TPSA) is 52.1 Å². The Morgan fingerprint density at radius 1 is 1.11 bits per heavy atom. The number of carbonyl (C=O) groups excluding carboxylic acids is 1. The molecule has 0 saturated carbocycles. The van der Waals surface area contributed by atoms with Crippen molar-refractivity contribution in [3.05, 3.63) is 42.1 Å². The van der Waals surface area contributed by atoms with E-state index in [1.54, 1.807) is 12.1 Å². The van der Waals surface area contributed by atoms with Crippen LogP contribution in [-0.2, 0) is 0 Å². The van der Waals surface area contributed by atoms with Crippen LogP contribution in [0.3, 0.4) is 0 Å². The van der Waals surface area contributed by atoms with Gasteiger partial charge < -0.3 is 4.74 Å². The van der Waals surface area contributed by atoms with Crippen LogP contribution < -0.4 is 4.74 Å². The van der Waals surface area contributed by atoms with Crippen LogP contribution in [0, 0.1) is 0 Å². The lowest BCUT2D eigenvalue weighted by molar-refractivity contribution is 0.111. The quantitative estimate of drug-likeness (QED) is 0.588. The smallest absolute Gasteiger partial charge is 0.170 e. The molecule has 0 fully saturated rings. The number of carbonyl (C=O) groups is 1. The summed E-state index contributed by atoms with van der Waals surface area (Å²) in [5, 5.41) is 7.81. The minimum Gasteiger partial charge on any atom is -0.494 e. The average Bonchev–Trinajstić information content (AvgIpc) is 2.48. The van der Waals surface area contributed by atoms with E-state index in [0.29, 0.717) is 12.0 Å². The fourth-order valence-electron chi connectivity index (χ4n) is 1.62. The number of hydrogen-bond donors (Lipinski definition) is 0. The first-order chi connectivity index (χ1) is 9.33. The third-order valence-corrected chi connectivity index (χ3v) is 2.72. The van der Waals surface area contributed by atoms with Crippen LogP contribution in [0.25, 0.3) is 11.3 Å². The predicted molar refractivity (Wildman–Crippen MR) is 73.3 cm³/mol. The zero-order valence-electron chi connectivity index (χ0n) is 10.9. The molecule has 1 aromatic heterocycles. The van der Waals surface area contributed by atoms with Gasteiger partial charge in [0.2, 0.25) is 0 Å². The molecule has 98 valence electrons. The standard InChI is InChI=1S/C15H16N2O2/c1-2-3-10-19-14-7-4-12(5-8-14)15-9-6-13(11-18)16-17-15/h4-9,11H,2-3,10H2,1H3. The first-order valence-electron chi connectivity index (χ1n) is 6.35. The van der Waals surface area contributed by atoms with Crippen LogP contribution in [0.2, 0.25) is 0 Å². The Kier molecular flexibility index (Phi) is 4.61. The summed E-state index contributed by atoms with van der Waals surface area (Å²) in [6, 6.07) is 11.1. The van der Waals surface area contributed by atoms with E-state index >= 15 is 0 Å². The molecule has 0 amide bonds. The molecule has 0 N–H and O–H groups in total. The summed E-state index contributed by atoms with van der Waals surface area (Å²) in [4.78, 5) is 10.5. The monoisotopic (exact) mass is 256 g/mol. The van der Waals surface area contributed by atoms with Gasteiger partial charge in [-0.1, -0.05) is 13.3 Å². The molecule has 1 heterocycles. The first kappa shape index (κ1) is 13.2. The summed E-state index contributed by atoms with van der Waals surface area (Å²) < 4.78 is 5.59. The van der Waals surface area contributed by atoms with Crippen LogP contribution in [0.1, 0.15) is 30.3 Å². The Labute approximate surface area is 112 Å². The van der Waals surface area contributed by atoms with Crippen molar-refractivity contribution in [2.75, 3.05) is 6.61 Å². The van der Waals surface area contributed by atoms with Crippen molar-refractivity contribution < 1.29 is 9.53 Å². The summed E-state index contributed by atoms with van der Waals surface area (Å²) >= 11 is 0. The van der Waals surface area contributed by atoms with Gasteiger partial charge in [0, 0.05) is 5.56 Å². The zero-order valence-corrected chi connectivity index (χ0v) is 10.9. The van der Waals surface area contributed by atoms with Gasteiger partial charge in [0.05, 0.1) is 12.3 Å². The molecular formula is C15H16N2O2. The highest BCUT2D eigenvalue weighted by Gasteiger charge is 2.01. The lowest BCUT2D eigenvalue weighted by Gasteiger charge is -2.06. The average molecular weight is 256 g/mol. The van der Waals surface area contributed by atoms with E-state index in [1.807, 2.05) is 24.3 Å². The number of aromatic nitrogens is 2. The SMILES string of the molecule is CCCCOc1ccc(-c2ccc(C=O)nn2)cc1. The number of nitrogens with zero attached hydrogens (tertiary/aromatic N) is 2. The highest BCUT2D eigenvalue weighted by Crippen LogP contribution is 2.20. The molecule has 0 atom stereocenters. The molecule has 2 aromatic rings. The molecule has 0 bridgehead atoms. The van der Waals surface area contributed by atoms with E-state index in [9.17, 15) is 4.79 Å². The molecule has 1 aromatic carbocycles. The Morgan fingerprint density at radius 3 is 2.47 bits per heavy atom. The molecule has 0 aliphatic rings. The Bertz CT molecular complexity index is 521. The summed E-state index contributed by atoms with van der Waals surface area (Å²) in [7, 11) is 0. The zero-order chi connectivity index (χ0) is 13.5. The van der Waals surface area contributed by atoms with Crippen molar-refractivity contribution in [1.82, 2.24) is 10.2 Å². The second-order valence-electron chi connectivity index (χ2n) is 4.19. The van der Waals surface area contributed by atoms with Gasteiger partial charge in [-0.15, -0.1) is 10.2 Å². The van der Waals surface area contributed by atoms with Gasteiger partial charge >= 0.3 is 0 Å². The Balaban J connectivity index is 2.06. The Hall–Kier alpha value is -2.23. The third kappa shape index (κ3) is 3.61.